The first kappa shape index (κ1) is 19.7. The van der Waals surface area contributed by atoms with Crippen molar-refractivity contribution in [3.63, 3.8) is 0 Å². The van der Waals surface area contributed by atoms with Crippen LogP contribution in [0.1, 0.15) is 31.0 Å². The van der Waals surface area contributed by atoms with Crippen molar-refractivity contribution in [2.45, 2.75) is 32.9 Å². The molecule has 29 heavy (non-hydrogen) atoms. The third-order valence-corrected chi connectivity index (χ3v) is 5.26. The summed E-state index contributed by atoms with van der Waals surface area (Å²) in [6.07, 6.45) is 6.07. The van der Waals surface area contributed by atoms with Gasteiger partial charge in [0.2, 0.25) is 5.88 Å². The van der Waals surface area contributed by atoms with Crippen LogP contribution < -0.4 is 10.1 Å². The lowest BCUT2D eigenvalue weighted by atomic mass is 10.3. The number of piperazine rings is 1. The summed E-state index contributed by atoms with van der Waals surface area (Å²) in [7, 11) is 0. The van der Waals surface area contributed by atoms with Gasteiger partial charge in [-0.1, -0.05) is 11.2 Å². The largest absolute Gasteiger partial charge is 0.477 e. The molecule has 156 valence electrons. The molecule has 0 spiro atoms. The third-order valence-electron chi connectivity index (χ3n) is 5.26. The van der Waals surface area contributed by atoms with E-state index in [1.807, 2.05) is 18.3 Å². The van der Waals surface area contributed by atoms with Crippen molar-refractivity contribution in [2.75, 3.05) is 39.3 Å². The highest BCUT2D eigenvalue weighted by molar-refractivity contribution is 5.80. The minimum Gasteiger partial charge on any atom is -0.477 e. The lowest BCUT2D eigenvalue weighted by molar-refractivity contribution is 0.169. The van der Waals surface area contributed by atoms with Crippen LogP contribution in [-0.4, -0.2) is 65.2 Å². The number of aliphatic imine (C=N–C) groups is 1. The lowest BCUT2D eigenvalue weighted by Gasteiger charge is -2.36. The minimum absolute atomic E-state index is 0.609. The summed E-state index contributed by atoms with van der Waals surface area (Å²) in [4.78, 5) is 14.0. The van der Waals surface area contributed by atoms with Crippen LogP contribution in [0.4, 0.5) is 0 Å². The average Bonchev–Trinajstić information content (AvgIpc) is 3.45. The van der Waals surface area contributed by atoms with Crippen LogP contribution in [0.15, 0.2) is 40.2 Å². The molecular formula is C21H30N6O2. The number of pyridine rings is 1. The van der Waals surface area contributed by atoms with Crippen LogP contribution in [0.3, 0.4) is 0 Å². The van der Waals surface area contributed by atoms with Crippen molar-refractivity contribution < 1.29 is 9.26 Å². The predicted octanol–water partition coefficient (Wildman–Crippen LogP) is 2.14. The Morgan fingerprint density at radius 2 is 2.10 bits per heavy atom. The van der Waals surface area contributed by atoms with E-state index in [0.717, 1.165) is 69.0 Å². The van der Waals surface area contributed by atoms with Crippen LogP contribution in [0, 0.1) is 5.92 Å². The maximum atomic E-state index is 5.71. The van der Waals surface area contributed by atoms with Gasteiger partial charge in [0.15, 0.2) is 5.96 Å². The molecule has 0 atom stereocenters. The summed E-state index contributed by atoms with van der Waals surface area (Å²) in [6, 6.07) is 5.93. The molecule has 1 aliphatic carbocycles. The second-order valence-corrected chi connectivity index (χ2v) is 7.68. The number of aromatic nitrogens is 2. The van der Waals surface area contributed by atoms with Crippen molar-refractivity contribution in [1.82, 2.24) is 25.3 Å². The van der Waals surface area contributed by atoms with E-state index in [-0.39, 0.29) is 0 Å². The van der Waals surface area contributed by atoms with Gasteiger partial charge in [-0.3, -0.25) is 4.90 Å². The van der Waals surface area contributed by atoms with Gasteiger partial charge in [-0.05, 0) is 31.2 Å². The van der Waals surface area contributed by atoms with E-state index >= 15 is 0 Å². The highest BCUT2D eigenvalue weighted by Crippen LogP contribution is 2.29. The second kappa shape index (κ2) is 9.73. The number of hydrogen-bond acceptors (Lipinski definition) is 6. The van der Waals surface area contributed by atoms with Crippen LogP contribution in [-0.2, 0) is 13.1 Å². The Morgan fingerprint density at radius 1 is 1.24 bits per heavy atom. The van der Waals surface area contributed by atoms with Gasteiger partial charge >= 0.3 is 0 Å². The maximum Gasteiger partial charge on any atom is 0.213 e. The first-order valence-electron chi connectivity index (χ1n) is 10.5. The molecule has 0 amide bonds. The Hall–Kier alpha value is -2.61. The summed E-state index contributed by atoms with van der Waals surface area (Å²) < 4.78 is 10.6. The summed E-state index contributed by atoms with van der Waals surface area (Å²) in [5.74, 6) is 2.41. The number of ether oxygens (including phenoxy) is 1. The van der Waals surface area contributed by atoms with Crippen molar-refractivity contribution >= 4 is 5.96 Å². The van der Waals surface area contributed by atoms with Gasteiger partial charge in [-0.2, -0.15) is 0 Å². The first-order valence-corrected chi connectivity index (χ1v) is 10.5. The van der Waals surface area contributed by atoms with Crippen molar-refractivity contribution in [3.8, 4) is 5.88 Å². The molecule has 2 aromatic rings. The molecular weight excluding hydrogens is 368 g/mol. The Labute approximate surface area is 171 Å². The molecule has 2 aliphatic rings. The lowest BCUT2D eigenvalue weighted by Crippen LogP contribution is -2.52. The topological polar surface area (TPSA) is 79.0 Å². The van der Waals surface area contributed by atoms with E-state index in [9.17, 15) is 0 Å². The molecule has 0 bridgehead atoms. The SMILES string of the molecule is CCNC(=NCc1ccc(OCC2CC2)nc1)N1CCN(Cc2ccon2)CC1. The monoisotopic (exact) mass is 398 g/mol. The normalized spacial score (nSPS) is 18.1. The summed E-state index contributed by atoms with van der Waals surface area (Å²) in [5.41, 5.74) is 2.07. The Balaban J connectivity index is 1.28. The quantitative estimate of drug-likeness (QED) is 0.539. The highest BCUT2D eigenvalue weighted by Gasteiger charge is 2.22. The Kier molecular flexibility index (Phi) is 6.61. The number of nitrogens with zero attached hydrogens (tertiary/aromatic N) is 5. The van der Waals surface area contributed by atoms with Crippen molar-refractivity contribution in [2.24, 2.45) is 10.9 Å². The zero-order valence-electron chi connectivity index (χ0n) is 17.1. The zero-order valence-corrected chi connectivity index (χ0v) is 17.1. The fourth-order valence-corrected chi connectivity index (χ4v) is 3.34. The van der Waals surface area contributed by atoms with Crippen LogP contribution in [0.5, 0.6) is 5.88 Å². The van der Waals surface area contributed by atoms with E-state index in [1.165, 1.54) is 12.8 Å². The van der Waals surface area contributed by atoms with Crippen molar-refractivity contribution in [3.05, 3.63) is 41.9 Å². The van der Waals surface area contributed by atoms with E-state index in [4.69, 9.17) is 14.3 Å². The van der Waals surface area contributed by atoms with E-state index in [2.05, 4.69) is 38.2 Å². The number of hydrogen-bond donors (Lipinski definition) is 1. The Bertz CT molecular complexity index is 765. The fraction of sp³-hybridized carbons (Fsp3) is 0.571. The van der Waals surface area contributed by atoms with E-state index < -0.39 is 0 Å². The Morgan fingerprint density at radius 3 is 2.76 bits per heavy atom. The zero-order chi connectivity index (χ0) is 19.9. The maximum absolute atomic E-state index is 5.71. The standard InChI is InChI=1S/C21H30N6O2/c1-2-22-21(27-10-8-26(9-11-27)15-19-7-12-29-25-19)24-14-18-5-6-20(23-13-18)28-16-17-3-4-17/h5-7,12-13,17H,2-4,8-11,14-16H2,1H3,(H,22,24). The molecule has 2 fully saturated rings. The highest BCUT2D eigenvalue weighted by atomic mass is 16.5. The predicted molar refractivity (Wildman–Crippen MR) is 111 cm³/mol. The van der Waals surface area contributed by atoms with Gasteiger partial charge < -0.3 is 19.5 Å². The molecule has 8 heteroatoms. The number of rotatable bonds is 8. The molecule has 1 N–H and O–H groups in total. The summed E-state index contributed by atoms with van der Waals surface area (Å²) >= 11 is 0. The van der Waals surface area contributed by atoms with E-state index in [1.54, 1.807) is 6.26 Å². The fourth-order valence-electron chi connectivity index (χ4n) is 3.34. The molecule has 4 rings (SSSR count). The van der Waals surface area contributed by atoms with Crippen LogP contribution >= 0.6 is 0 Å². The molecule has 3 heterocycles. The summed E-state index contributed by atoms with van der Waals surface area (Å²) in [6.45, 7) is 9.02. The summed E-state index contributed by atoms with van der Waals surface area (Å²) in [5, 5.41) is 7.42. The smallest absolute Gasteiger partial charge is 0.213 e. The van der Waals surface area contributed by atoms with Gasteiger partial charge in [0.05, 0.1) is 18.8 Å². The van der Waals surface area contributed by atoms with Gasteiger partial charge in [-0.25, -0.2) is 9.98 Å². The second-order valence-electron chi connectivity index (χ2n) is 7.68. The average molecular weight is 399 g/mol. The molecule has 0 aromatic carbocycles. The van der Waals surface area contributed by atoms with Crippen LogP contribution in [0.25, 0.3) is 0 Å². The third kappa shape index (κ3) is 5.93. The van der Waals surface area contributed by atoms with Crippen LogP contribution in [0.2, 0.25) is 0 Å². The number of guanidine groups is 1. The van der Waals surface area contributed by atoms with E-state index in [0.29, 0.717) is 12.4 Å². The van der Waals surface area contributed by atoms with Gasteiger partial charge in [0.25, 0.3) is 0 Å². The minimum atomic E-state index is 0.609. The molecule has 1 aliphatic heterocycles. The van der Waals surface area contributed by atoms with Gasteiger partial charge in [-0.15, -0.1) is 0 Å². The first-order chi connectivity index (χ1) is 14.3. The van der Waals surface area contributed by atoms with Crippen molar-refractivity contribution in [1.29, 1.82) is 0 Å². The molecule has 0 radical (unpaired) electrons. The molecule has 1 saturated heterocycles. The molecule has 2 aromatic heterocycles. The number of nitrogens with one attached hydrogen (secondary N) is 1. The molecule has 1 saturated carbocycles. The molecule has 8 nitrogen and oxygen atoms in total. The van der Waals surface area contributed by atoms with Gasteiger partial charge in [0, 0.05) is 57.6 Å². The van der Waals surface area contributed by atoms with Gasteiger partial charge in [0.1, 0.15) is 6.26 Å². The molecule has 0 unspecified atom stereocenters.